The van der Waals surface area contributed by atoms with Gasteiger partial charge < -0.3 is 15.5 Å². The molecule has 0 saturated heterocycles. The second-order valence-corrected chi connectivity index (χ2v) is 9.99. The summed E-state index contributed by atoms with van der Waals surface area (Å²) in [4.78, 5) is 15.8. The third-order valence-corrected chi connectivity index (χ3v) is 6.70. The van der Waals surface area contributed by atoms with Gasteiger partial charge in [-0.05, 0) is 55.8 Å². The number of ketones is 1. The molecule has 0 amide bonds. The van der Waals surface area contributed by atoms with Crippen molar-refractivity contribution in [2.45, 2.75) is 58.2 Å². The number of nitrogens with one attached hydrogen (secondary N) is 1. The predicted molar refractivity (Wildman–Crippen MR) is 156 cm³/mol. The van der Waals surface area contributed by atoms with E-state index >= 15 is 0 Å². The van der Waals surface area contributed by atoms with Crippen LogP contribution in [0.5, 0.6) is 0 Å². The Balaban J connectivity index is 1.81. The average Bonchev–Trinajstić information content (AvgIpc) is 3.31. The summed E-state index contributed by atoms with van der Waals surface area (Å²) in [5, 5.41) is 29.1. The van der Waals surface area contributed by atoms with Crippen LogP contribution < -0.4 is 5.32 Å². The molecule has 2 aromatic carbocycles. The van der Waals surface area contributed by atoms with Crippen molar-refractivity contribution in [2.24, 2.45) is 0 Å². The smallest absolute Gasteiger partial charge is 0.132 e. The number of aromatic nitrogens is 3. The number of para-hydroxylation sites is 1. The Bertz CT molecular complexity index is 1450. The van der Waals surface area contributed by atoms with Crippen LogP contribution in [0.1, 0.15) is 57.2 Å². The van der Waals surface area contributed by atoms with Crippen LogP contribution in [0.3, 0.4) is 0 Å². The van der Waals surface area contributed by atoms with Crippen LogP contribution in [0.2, 0.25) is 0 Å². The van der Waals surface area contributed by atoms with Gasteiger partial charge >= 0.3 is 0 Å². The molecule has 40 heavy (non-hydrogen) atoms. The maximum atomic E-state index is 13.9. The summed E-state index contributed by atoms with van der Waals surface area (Å²) in [6.45, 7) is 5.57. The summed E-state index contributed by atoms with van der Waals surface area (Å²) in [6, 6.07) is 19.7. The Morgan fingerprint density at radius 1 is 1.10 bits per heavy atom. The quantitative estimate of drug-likeness (QED) is 0.191. The maximum Gasteiger partial charge on any atom is 0.132 e. The topological polar surface area (TPSA) is 100 Å². The number of rotatable bonds is 12. The van der Waals surface area contributed by atoms with Crippen LogP contribution in [0.4, 0.5) is 15.9 Å². The highest BCUT2D eigenvalue weighted by Crippen LogP contribution is 2.35. The lowest BCUT2D eigenvalue weighted by atomic mass is 9.96. The van der Waals surface area contributed by atoms with Gasteiger partial charge in [0.1, 0.15) is 17.4 Å². The van der Waals surface area contributed by atoms with E-state index in [1.807, 2.05) is 47.1 Å². The molecule has 3 atom stereocenters. The van der Waals surface area contributed by atoms with Crippen molar-refractivity contribution in [1.29, 1.82) is 0 Å². The molecule has 0 aliphatic rings. The van der Waals surface area contributed by atoms with Crippen molar-refractivity contribution in [2.75, 3.05) is 5.32 Å². The van der Waals surface area contributed by atoms with E-state index in [1.54, 1.807) is 30.5 Å². The normalized spacial score (nSPS) is 13.8. The summed E-state index contributed by atoms with van der Waals surface area (Å²) >= 11 is 0. The maximum absolute atomic E-state index is 13.9. The highest BCUT2D eigenvalue weighted by molar-refractivity contribution is 5.77. The first kappa shape index (κ1) is 28.9. The van der Waals surface area contributed by atoms with E-state index in [0.29, 0.717) is 5.82 Å². The van der Waals surface area contributed by atoms with Gasteiger partial charge in [-0.3, -0.25) is 4.79 Å². The standard InChI is InChI=1S/C32H35FN4O3/c1-4-21(2)31-29(15-14-27(39)20-28(40)18-22(3)38)32(23-10-12-24(33)13-11-23)37(36-31)26-16-17-34-30(19-26)35-25-8-6-5-7-9-25/h5-17,19,21,27-28,39-40H,4,18,20H2,1-3H3,(H,34,35)/b15-14+. The van der Waals surface area contributed by atoms with Gasteiger partial charge in [0, 0.05) is 47.8 Å². The minimum absolute atomic E-state index is 0.0107. The molecule has 4 aromatic rings. The predicted octanol–water partition coefficient (Wildman–Crippen LogP) is 6.43. The van der Waals surface area contributed by atoms with Crippen molar-refractivity contribution in [1.82, 2.24) is 14.8 Å². The molecule has 0 bridgehead atoms. The summed E-state index contributed by atoms with van der Waals surface area (Å²) in [6.07, 6.45) is 4.07. The third kappa shape index (κ3) is 7.28. The Labute approximate surface area is 234 Å². The number of halogens is 1. The highest BCUT2D eigenvalue weighted by atomic mass is 19.1. The number of hydrogen-bond acceptors (Lipinski definition) is 6. The summed E-state index contributed by atoms with van der Waals surface area (Å²) in [5.74, 6) is 0.244. The summed E-state index contributed by atoms with van der Waals surface area (Å²) in [5.41, 5.74) is 4.76. The number of benzene rings is 2. The summed E-state index contributed by atoms with van der Waals surface area (Å²) in [7, 11) is 0. The fourth-order valence-electron chi connectivity index (χ4n) is 4.51. The monoisotopic (exact) mass is 542 g/mol. The first-order valence-corrected chi connectivity index (χ1v) is 13.5. The Hall–Kier alpha value is -4.14. The van der Waals surface area contributed by atoms with Gasteiger partial charge in [0.05, 0.1) is 29.3 Å². The zero-order chi connectivity index (χ0) is 28.6. The van der Waals surface area contributed by atoms with Gasteiger partial charge in [-0.15, -0.1) is 0 Å². The van der Waals surface area contributed by atoms with Crippen LogP contribution in [-0.2, 0) is 4.79 Å². The molecule has 0 fully saturated rings. The number of hydrogen-bond donors (Lipinski definition) is 3. The Morgan fingerprint density at radius 3 is 2.50 bits per heavy atom. The van der Waals surface area contributed by atoms with Crippen molar-refractivity contribution < 1.29 is 19.4 Å². The molecule has 0 spiro atoms. The van der Waals surface area contributed by atoms with E-state index in [0.717, 1.165) is 40.3 Å². The molecular weight excluding hydrogens is 507 g/mol. The number of anilines is 2. The van der Waals surface area contributed by atoms with Crippen LogP contribution in [0.15, 0.2) is 79.0 Å². The average molecular weight is 543 g/mol. The van der Waals surface area contributed by atoms with Gasteiger partial charge in [0.25, 0.3) is 0 Å². The fraction of sp³-hybridized carbons (Fsp3) is 0.281. The first-order valence-electron chi connectivity index (χ1n) is 13.5. The van der Waals surface area contributed by atoms with Gasteiger partial charge in [-0.1, -0.05) is 44.2 Å². The lowest BCUT2D eigenvalue weighted by Crippen LogP contribution is -2.18. The van der Waals surface area contributed by atoms with E-state index in [2.05, 4.69) is 24.1 Å². The molecule has 0 aliphatic heterocycles. The van der Waals surface area contributed by atoms with Crippen molar-refractivity contribution >= 4 is 23.4 Å². The number of Topliss-reactive ketones (excluding diaryl/α,β-unsaturated/α-hetero) is 1. The van der Waals surface area contributed by atoms with Crippen molar-refractivity contribution in [3.05, 3.63) is 96.1 Å². The molecule has 3 N–H and O–H groups in total. The molecule has 2 heterocycles. The number of aliphatic hydroxyl groups is 2. The lowest BCUT2D eigenvalue weighted by Gasteiger charge is -2.13. The number of pyridine rings is 1. The zero-order valence-corrected chi connectivity index (χ0v) is 23.0. The van der Waals surface area contributed by atoms with Crippen LogP contribution in [-0.4, -0.2) is 43.0 Å². The molecule has 208 valence electrons. The number of nitrogens with zero attached hydrogens (tertiary/aromatic N) is 3. The first-order chi connectivity index (χ1) is 19.2. The van der Waals surface area contributed by atoms with Gasteiger partial charge in [-0.25, -0.2) is 14.1 Å². The largest absolute Gasteiger partial charge is 0.393 e. The lowest BCUT2D eigenvalue weighted by molar-refractivity contribution is -0.119. The number of aliphatic hydroxyl groups excluding tert-OH is 2. The fourth-order valence-corrected chi connectivity index (χ4v) is 4.51. The van der Waals surface area contributed by atoms with E-state index in [-0.39, 0.29) is 30.4 Å². The molecule has 3 unspecified atom stereocenters. The second kappa shape index (κ2) is 13.3. The highest BCUT2D eigenvalue weighted by Gasteiger charge is 2.23. The Morgan fingerprint density at radius 2 is 1.82 bits per heavy atom. The number of carbonyl (C=O) groups is 1. The molecule has 0 aliphatic carbocycles. The SMILES string of the molecule is CCC(C)c1nn(-c2ccnc(Nc3ccccc3)c2)c(-c2ccc(F)cc2)c1/C=C/C(O)CC(O)CC(C)=O. The van der Waals surface area contributed by atoms with E-state index < -0.39 is 12.2 Å². The molecule has 8 heteroatoms. The van der Waals surface area contributed by atoms with E-state index in [1.165, 1.54) is 19.1 Å². The van der Waals surface area contributed by atoms with Gasteiger partial charge in [0.15, 0.2) is 0 Å². The minimum Gasteiger partial charge on any atom is -0.393 e. The van der Waals surface area contributed by atoms with E-state index in [9.17, 15) is 19.4 Å². The zero-order valence-electron chi connectivity index (χ0n) is 23.0. The molecule has 4 rings (SSSR count). The molecule has 2 aromatic heterocycles. The van der Waals surface area contributed by atoms with Crippen molar-refractivity contribution in [3.63, 3.8) is 0 Å². The summed E-state index contributed by atoms with van der Waals surface area (Å²) < 4.78 is 15.7. The molecular formula is C32H35FN4O3. The van der Waals surface area contributed by atoms with Gasteiger partial charge in [-0.2, -0.15) is 5.10 Å². The Kier molecular flexibility index (Phi) is 9.58. The van der Waals surface area contributed by atoms with Crippen LogP contribution in [0, 0.1) is 5.82 Å². The van der Waals surface area contributed by atoms with Crippen LogP contribution in [0.25, 0.3) is 23.0 Å². The third-order valence-electron chi connectivity index (χ3n) is 6.70. The molecule has 0 saturated carbocycles. The van der Waals surface area contributed by atoms with Gasteiger partial charge in [0.2, 0.25) is 0 Å². The second-order valence-electron chi connectivity index (χ2n) is 9.99. The van der Waals surface area contributed by atoms with E-state index in [4.69, 9.17) is 5.10 Å². The molecule has 0 radical (unpaired) electrons. The minimum atomic E-state index is -0.967. The van der Waals surface area contributed by atoms with Crippen LogP contribution >= 0.6 is 0 Å². The number of carbonyl (C=O) groups excluding carboxylic acids is 1. The van der Waals surface area contributed by atoms with Crippen molar-refractivity contribution in [3.8, 4) is 16.9 Å². The molecule has 7 nitrogen and oxygen atoms in total.